The molecule has 0 aliphatic carbocycles. The van der Waals surface area contributed by atoms with E-state index in [1.165, 1.54) is 6.33 Å². The Hall–Kier alpha value is -2.53. The Morgan fingerprint density at radius 1 is 1.00 bits per heavy atom. The predicted octanol–water partition coefficient (Wildman–Crippen LogP) is 3.98. The highest BCUT2D eigenvalue weighted by atomic mass is 35.5. The van der Waals surface area contributed by atoms with Gasteiger partial charge in [0.15, 0.2) is 0 Å². The highest BCUT2D eigenvalue weighted by molar-refractivity contribution is 6.31. The first-order valence-electron chi connectivity index (χ1n) is 7.64. The van der Waals surface area contributed by atoms with Gasteiger partial charge >= 0.3 is 0 Å². The number of nitrogens with zero attached hydrogens (tertiary/aromatic N) is 4. The third-order valence-electron chi connectivity index (χ3n) is 3.84. The van der Waals surface area contributed by atoms with E-state index in [1.807, 2.05) is 36.4 Å². The van der Waals surface area contributed by atoms with Crippen molar-refractivity contribution in [3.63, 3.8) is 0 Å². The number of benzene rings is 1. The number of nitrogens with one attached hydrogen (secondary N) is 1. The van der Waals surface area contributed by atoms with Crippen LogP contribution in [-0.4, -0.2) is 26.7 Å². The number of rotatable bonds is 5. The molecule has 0 spiro atoms. The first-order chi connectivity index (χ1) is 11.6. The van der Waals surface area contributed by atoms with Gasteiger partial charge in [-0.1, -0.05) is 43.6 Å². The van der Waals surface area contributed by atoms with E-state index in [0.29, 0.717) is 6.54 Å². The van der Waals surface area contributed by atoms with Crippen molar-refractivity contribution in [3.05, 3.63) is 65.7 Å². The summed E-state index contributed by atoms with van der Waals surface area (Å²) in [6.07, 6.45) is 4.92. The highest BCUT2D eigenvalue weighted by Gasteiger charge is 2.23. The summed E-state index contributed by atoms with van der Waals surface area (Å²) >= 11 is 6.31. The standard InChI is InChI=1S/C18H18ClN5/c1-18(2,14-5-3-4-6-15(14)19)11-22-17-8-7-16(23-24-17)13-9-20-12-21-10-13/h3-10,12H,11H2,1-2H3,(H,22,24). The van der Waals surface area contributed by atoms with Crippen LogP contribution in [0.1, 0.15) is 19.4 Å². The molecule has 0 atom stereocenters. The number of halogens is 1. The molecule has 5 nitrogen and oxygen atoms in total. The SMILES string of the molecule is CC(C)(CNc1ccc(-c2cncnc2)nn1)c1ccccc1Cl. The van der Waals surface area contributed by atoms with E-state index in [2.05, 4.69) is 39.3 Å². The van der Waals surface area contributed by atoms with Crippen LogP contribution in [0.15, 0.2) is 55.1 Å². The van der Waals surface area contributed by atoms with Crippen molar-refractivity contribution >= 4 is 17.4 Å². The van der Waals surface area contributed by atoms with Gasteiger partial charge in [-0.15, -0.1) is 10.2 Å². The van der Waals surface area contributed by atoms with Crippen molar-refractivity contribution in [1.29, 1.82) is 0 Å². The molecule has 1 N–H and O–H groups in total. The van der Waals surface area contributed by atoms with Gasteiger partial charge in [0.05, 0.1) is 5.69 Å². The van der Waals surface area contributed by atoms with Crippen LogP contribution >= 0.6 is 11.6 Å². The fraction of sp³-hybridized carbons (Fsp3) is 0.222. The zero-order valence-electron chi connectivity index (χ0n) is 13.6. The molecular weight excluding hydrogens is 322 g/mol. The normalized spacial score (nSPS) is 11.3. The molecule has 0 radical (unpaired) electrons. The number of anilines is 1. The Morgan fingerprint density at radius 3 is 2.42 bits per heavy atom. The summed E-state index contributed by atoms with van der Waals surface area (Å²) in [4.78, 5) is 7.97. The Balaban J connectivity index is 1.70. The fourth-order valence-corrected chi connectivity index (χ4v) is 2.82. The Labute approximate surface area is 146 Å². The smallest absolute Gasteiger partial charge is 0.148 e. The molecule has 122 valence electrons. The van der Waals surface area contributed by atoms with Gasteiger partial charge in [-0.3, -0.25) is 0 Å². The molecular formula is C18H18ClN5. The molecule has 0 bridgehead atoms. The van der Waals surface area contributed by atoms with Crippen molar-refractivity contribution in [3.8, 4) is 11.3 Å². The lowest BCUT2D eigenvalue weighted by atomic mass is 9.84. The second-order valence-electron chi connectivity index (χ2n) is 6.15. The van der Waals surface area contributed by atoms with Crippen molar-refractivity contribution in [1.82, 2.24) is 20.2 Å². The predicted molar refractivity (Wildman–Crippen MR) is 96.0 cm³/mol. The highest BCUT2D eigenvalue weighted by Crippen LogP contribution is 2.29. The molecule has 2 aromatic heterocycles. The maximum absolute atomic E-state index is 6.31. The Kier molecular flexibility index (Phi) is 4.71. The average molecular weight is 340 g/mol. The van der Waals surface area contributed by atoms with Crippen LogP contribution in [0.4, 0.5) is 5.82 Å². The van der Waals surface area contributed by atoms with Gasteiger partial charge < -0.3 is 5.32 Å². The molecule has 3 aromatic rings. The number of aromatic nitrogens is 4. The van der Waals surface area contributed by atoms with E-state index in [-0.39, 0.29) is 5.41 Å². The molecule has 1 aromatic carbocycles. The summed E-state index contributed by atoms with van der Waals surface area (Å²) in [7, 11) is 0. The van der Waals surface area contributed by atoms with Crippen LogP contribution in [0.5, 0.6) is 0 Å². The van der Waals surface area contributed by atoms with Crippen molar-refractivity contribution in [2.75, 3.05) is 11.9 Å². The summed E-state index contributed by atoms with van der Waals surface area (Å²) in [5.74, 6) is 0.718. The van der Waals surface area contributed by atoms with Crippen LogP contribution < -0.4 is 5.32 Å². The van der Waals surface area contributed by atoms with Crippen LogP contribution in [0.25, 0.3) is 11.3 Å². The summed E-state index contributed by atoms with van der Waals surface area (Å²) in [6.45, 7) is 4.98. The lowest BCUT2D eigenvalue weighted by Gasteiger charge is -2.26. The van der Waals surface area contributed by atoms with E-state index >= 15 is 0 Å². The molecule has 24 heavy (non-hydrogen) atoms. The van der Waals surface area contributed by atoms with E-state index in [1.54, 1.807) is 12.4 Å². The van der Waals surface area contributed by atoms with Gasteiger partial charge in [0.2, 0.25) is 0 Å². The van der Waals surface area contributed by atoms with Crippen LogP contribution in [-0.2, 0) is 5.41 Å². The maximum Gasteiger partial charge on any atom is 0.148 e. The molecule has 0 fully saturated rings. The van der Waals surface area contributed by atoms with Crippen molar-refractivity contribution in [2.24, 2.45) is 0 Å². The molecule has 0 amide bonds. The first-order valence-corrected chi connectivity index (χ1v) is 8.02. The molecule has 2 heterocycles. The van der Waals surface area contributed by atoms with E-state index < -0.39 is 0 Å². The van der Waals surface area contributed by atoms with Crippen LogP contribution in [0, 0.1) is 0 Å². The van der Waals surface area contributed by atoms with Crippen LogP contribution in [0.3, 0.4) is 0 Å². The monoisotopic (exact) mass is 339 g/mol. The lowest BCUT2D eigenvalue weighted by molar-refractivity contribution is 0.556. The average Bonchev–Trinajstić information content (AvgIpc) is 2.61. The van der Waals surface area contributed by atoms with E-state index in [0.717, 1.165) is 27.7 Å². The lowest BCUT2D eigenvalue weighted by Crippen LogP contribution is -2.28. The Bertz CT molecular complexity index is 803. The quantitative estimate of drug-likeness (QED) is 0.761. The van der Waals surface area contributed by atoms with Crippen LogP contribution in [0.2, 0.25) is 5.02 Å². The topological polar surface area (TPSA) is 63.6 Å². The van der Waals surface area contributed by atoms with E-state index in [4.69, 9.17) is 11.6 Å². The zero-order chi connectivity index (χ0) is 17.0. The number of hydrogen-bond acceptors (Lipinski definition) is 5. The summed E-state index contributed by atoms with van der Waals surface area (Å²) in [6, 6.07) is 11.7. The maximum atomic E-state index is 6.31. The summed E-state index contributed by atoms with van der Waals surface area (Å²) < 4.78 is 0. The van der Waals surface area contributed by atoms with Crippen molar-refractivity contribution < 1.29 is 0 Å². The van der Waals surface area contributed by atoms with Gasteiger partial charge in [0.1, 0.15) is 12.1 Å². The molecule has 0 aliphatic heterocycles. The third-order valence-corrected chi connectivity index (χ3v) is 4.16. The molecule has 0 saturated carbocycles. The van der Waals surface area contributed by atoms with Gasteiger partial charge in [-0.25, -0.2) is 9.97 Å². The van der Waals surface area contributed by atoms with E-state index in [9.17, 15) is 0 Å². The minimum atomic E-state index is -0.133. The molecule has 0 saturated heterocycles. The first kappa shape index (κ1) is 16.3. The second-order valence-corrected chi connectivity index (χ2v) is 6.56. The Morgan fingerprint density at radius 2 is 1.75 bits per heavy atom. The van der Waals surface area contributed by atoms with Crippen molar-refractivity contribution in [2.45, 2.75) is 19.3 Å². The molecule has 0 aliphatic rings. The zero-order valence-corrected chi connectivity index (χ0v) is 14.3. The molecule has 3 rings (SSSR count). The second kappa shape index (κ2) is 6.93. The van der Waals surface area contributed by atoms with Gasteiger partial charge in [-0.2, -0.15) is 0 Å². The minimum absolute atomic E-state index is 0.133. The number of hydrogen-bond donors (Lipinski definition) is 1. The fourth-order valence-electron chi connectivity index (χ4n) is 2.43. The molecule has 0 unspecified atom stereocenters. The largest absolute Gasteiger partial charge is 0.368 e. The molecule has 6 heteroatoms. The minimum Gasteiger partial charge on any atom is -0.368 e. The summed E-state index contributed by atoms with van der Waals surface area (Å²) in [5, 5.41) is 12.5. The van der Waals surface area contributed by atoms with Gasteiger partial charge in [0.25, 0.3) is 0 Å². The third kappa shape index (κ3) is 3.68. The van der Waals surface area contributed by atoms with Gasteiger partial charge in [-0.05, 0) is 23.8 Å². The van der Waals surface area contributed by atoms with Gasteiger partial charge in [0, 0.05) is 34.9 Å². The summed E-state index contributed by atoms with van der Waals surface area (Å²) in [5.41, 5.74) is 2.55.